The number of rotatable bonds is 6. The van der Waals surface area contributed by atoms with Crippen molar-refractivity contribution in [2.75, 3.05) is 31.3 Å². The molecule has 3 rings (SSSR count). The van der Waals surface area contributed by atoms with Crippen LogP contribution in [-0.2, 0) is 22.5 Å². The third kappa shape index (κ3) is 4.91. The number of carbonyl (C=O) groups is 2. The van der Waals surface area contributed by atoms with Gasteiger partial charge in [-0.15, -0.1) is 23.1 Å². The molecule has 0 aliphatic carbocycles. The number of ether oxygens (including phenoxy) is 1. The van der Waals surface area contributed by atoms with Gasteiger partial charge in [-0.05, 0) is 31.5 Å². The number of benzene rings is 1. The molecule has 1 amide bonds. The molecule has 1 aromatic carbocycles. The third-order valence-corrected chi connectivity index (χ3v) is 6.64. The van der Waals surface area contributed by atoms with Crippen molar-refractivity contribution in [1.82, 2.24) is 0 Å². The predicted octanol–water partition coefficient (Wildman–Crippen LogP) is 2.53. The number of thioether (sulfide) groups is 1. The molecule has 27 heavy (non-hydrogen) atoms. The SMILES string of the molecule is CCOC(=O)c1c(NC(=O)CSc2ccc(C)cc2)sc2c1CC[NH+](C)C2. The van der Waals surface area contributed by atoms with E-state index in [9.17, 15) is 9.59 Å². The summed E-state index contributed by atoms with van der Waals surface area (Å²) in [5.74, 6) is -0.138. The number of aryl methyl sites for hydroxylation is 1. The highest BCUT2D eigenvalue weighted by Gasteiger charge is 2.30. The van der Waals surface area contributed by atoms with Crippen molar-refractivity contribution in [3.05, 3.63) is 45.8 Å². The number of carbonyl (C=O) groups excluding carboxylic acids is 2. The standard InChI is InChI=1S/C20H24N2O3S2/c1-4-25-20(24)18-15-9-10-22(3)11-16(15)27-19(18)21-17(23)12-26-14-7-5-13(2)6-8-14/h5-8H,4,9-12H2,1-3H3,(H,21,23)/p+1. The number of likely N-dealkylation sites (N-methyl/N-ethyl adjacent to an activating group) is 1. The molecule has 0 spiro atoms. The van der Waals surface area contributed by atoms with E-state index in [4.69, 9.17) is 4.74 Å². The van der Waals surface area contributed by atoms with E-state index in [0.717, 1.165) is 30.0 Å². The molecule has 2 heterocycles. The molecular formula is C20H25N2O3S2+. The van der Waals surface area contributed by atoms with Crippen molar-refractivity contribution < 1.29 is 19.2 Å². The van der Waals surface area contributed by atoms with E-state index < -0.39 is 0 Å². The predicted molar refractivity (Wildman–Crippen MR) is 110 cm³/mol. The number of amides is 1. The third-order valence-electron chi connectivity index (χ3n) is 4.48. The van der Waals surface area contributed by atoms with Gasteiger partial charge in [0.05, 0.1) is 36.4 Å². The Balaban J connectivity index is 1.73. The maximum Gasteiger partial charge on any atom is 0.341 e. The Hall–Kier alpha value is -1.83. The monoisotopic (exact) mass is 405 g/mol. The molecule has 1 aliphatic heterocycles. The number of fused-ring (bicyclic) bond motifs is 1. The van der Waals surface area contributed by atoms with Crippen molar-refractivity contribution in [2.45, 2.75) is 31.7 Å². The second kappa shape index (κ2) is 8.91. The zero-order valence-corrected chi connectivity index (χ0v) is 17.5. The summed E-state index contributed by atoms with van der Waals surface area (Å²) in [7, 11) is 2.14. The summed E-state index contributed by atoms with van der Waals surface area (Å²) in [5.41, 5.74) is 2.79. The van der Waals surface area contributed by atoms with Gasteiger partial charge in [0.2, 0.25) is 5.91 Å². The first-order valence-electron chi connectivity index (χ1n) is 9.10. The molecule has 1 aromatic heterocycles. The summed E-state index contributed by atoms with van der Waals surface area (Å²) in [6, 6.07) is 8.09. The Labute approximate surface area is 168 Å². The van der Waals surface area contributed by atoms with Crippen molar-refractivity contribution >= 4 is 40.0 Å². The zero-order valence-electron chi connectivity index (χ0n) is 15.9. The first kappa shape index (κ1) is 19.9. The molecule has 2 aromatic rings. The fraction of sp³-hybridized carbons (Fsp3) is 0.400. The van der Waals surface area contributed by atoms with Gasteiger partial charge in [0, 0.05) is 11.3 Å². The molecule has 1 aliphatic rings. The second-order valence-corrected chi connectivity index (χ2v) is 8.87. The molecule has 0 fully saturated rings. The summed E-state index contributed by atoms with van der Waals surface area (Å²) in [5, 5.41) is 3.58. The lowest BCUT2D eigenvalue weighted by atomic mass is 10.0. The van der Waals surface area contributed by atoms with Crippen molar-refractivity contribution in [2.24, 2.45) is 0 Å². The lowest BCUT2D eigenvalue weighted by molar-refractivity contribution is -0.895. The largest absolute Gasteiger partial charge is 0.462 e. The first-order chi connectivity index (χ1) is 13.0. The van der Waals surface area contributed by atoms with Crippen LogP contribution in [0.5, 0.6) is 0 Å². The summed E-state index contributed by atoms with van der Waals surface area (Å²) in [4.78, 5) is 28.6. The van der Waals surface area contributed by atoms with Crippen LogP contribution in [0.2, 0.25) is 0 Å². The number of hydrogen-bond donors (Lipinski definition) is 2. The van der Waals surface area contributed by atoms with Crippen LogP contribution in [0.25, 0.3) is 0 Å². The van der Waals surface area contributed by atoms with Crippen LogP contribution in [0.4, 0.5) is 5.00 Å². The van der Waals surface area contributed by atoms with Gasteiger partial charge in [-0.1, -0.05) is 17.7 Å². The average molecular weight is 406 g/mol. The van der Waals surface area contributed by atoms with Gasteiger partial charge < -0.3 is 15.0 Å². The molecule has 0 bridgehead atoms. The molecule has 144 valence electrons. The summed E-state index contributed by atoms with van der Waals surface area (Å²) >= 11 is 3.00. The maximum absolute atomic E-state index is 12.5. The summed E-state index contributed by atoms with van der Waals surface area (Å²) < 4.78 is 5.25. The molecule has 0 saturated carbocycles. The normalized spacial score (nSPS) is 15.9. The molecule has 2 N–H and O–H groups in total. The van der Waals surface area contributed by atoms with Crippen LogP contribution in [0.3, 0.4) is 0 Å². The Morgan fingerprint density at radius 1 is 1.30 bits per heavy atom. The topological polar surface area (TPSA) is 59.8 Å². The average Bonchev–Trinajstić information content (AvgIpc) is 2.98. The summed E-state index contributed by atoms with van der Waals surface area (Å²) in [6.45, 7) is 6.01. The van der Waals surface area contributed by atoms with Crippen molar-refractivity contribution in [3.63, 3.8) is 0 Å². The van der Waals surface area contributed by atoms with Crippen LogP contribution in [-0.4, -0.2) is 37.8 Å². The lowest BCUT2D eigenvalue weighted by Crippen LogP contribution is -3.08. The lowest BCUT2D eigenvalue weighted by Gasteiger charge is -2.19. The van der Waals surface area contributed by atoms with E-state index in [1.807, 2.05) is 31.2 Å². The van der Waals surface area contributed by atoms with E-state index in [1.54, 1.807) is 6.92 Å². The minimum absolute atomic E-state index is 0.106. The van der Waals surface area contributed by atoms with Gasteiger partial charge in [0.1, 0.15) is 11.5 Å². The van der Waals surface area contributed by atoms with Crippen molar-refractivity contribution in [3.8, 4) is 0 Å². The minimum Gasteiger partial charge on any atom is -0.462 e. The van der Waals surface area contributed by atoms with Gasteiger partial charge in [-0.2, -0.15) is 0 Å². The smallest absolute Gasteiger partial charge is 0.341 e. The van der Waals surface area contributed by atoms with Crippen LogP contribution >= 0.6 is 23.1 Å². The fourth-order valence-electron chi connectivity index (χ4n) is 3.07. The van der Waals surface area contributed by atoms with Gasteiger partial charge >= 0.3 is 5.97 Å². The molecule has 7 heteroatoms. The molecule has 1 unspecified atom stereocenters. The van der Waals surface area contributed by atoms with E-state index in [0.29, 0.717) is 22.9 Å². The van der Waals surface area contributed by atoms with Gasteiger partial charge in [-0.25, -0.2) is 4.79 Å². The molecule has 1 atom stereocenters. The first-order valence-corrected chi connectivity index (χ1v) is 10.9. The van der Waals surface area contributed by atoms with Crippen molar-refractivity contribution in [1.29, 1.82) is 0 Å². The number of hydrogen-bond acceptors (Lipinski definition) is 5. The van der Waals surface area contributed by atoms with E-state index in [1.165, 1.54) is 38.4 Å². The van der Waals surface area contributed by atoms with Crippen LogP contribution < -0.4 is 10.2 Å². The van der Waals surface area contributed by atoms with Gasteiger partial charge in [-0.3, -0.25) is 4.79 Å². The van der Waals surface area contributed by atoms with E-state index in [-0.39, 0.29) is 11.9 Å². The van der Waals surface area contributed by atoms with Crippen LogP contribution in [0.15, 0.2) is 29.2 Å². The highest BCUT2D eigenvalue weighted by atomic mass is 32.2. The van der Waals surface area contributed by atoms with E-state index >= 15 is 0 Å². The number of quaternary nitrogens is 1. The Bertz CT molecular complexity index is 830. The second-order valence-electron chi connectivity index (χ2n) is 6.71. The maximum atomic E-state index is 12.5. The highest BCUT2D eigenvalue weighted by molar-refractivity contribution is 8.00. The number of thiophene rings is 1. The Morgan fingerprint density at radius 2 is 2.04 bits per heavy atom. The summed E-state index contributed by atoms with van der Waals surface area (Å²) in [6.07, 6.45) is 0.833. The molecule has 0 radical (unpaired) electrons. The highest BCUT2D eigenvalue weighted by Crippen LogP contribution is 2.35. The molecular weight excluding hydrogens is 380 g/mol. The van der Waals surface area contributed by atoms with Gasteiger partial charge in [0.15, 0.2) is 0 Å². The number of esters is 1. The Kier molecular flexibility index (Phi) is 6.57. The molecule has 5 nitrogen and oxygen atoms in total. The van der Waals surface area contributed by atoms with Crippen LogP contribution in [0, 0.1) is 6.92 Å². The molecule has 0 saturated heterocycles. The van der Waals surface area contributed by atoms with E-state index in [2.05, 4.69) is 12.4 Å². The number of nitrogens with one attached hydrogen (secondary N) is 2. The Morgan fingerprint density at radius 3 is 2.74 bits per heavy atom. The quantitative estimate of drug-likeness (QED) is 0.573. The fourth-order valence-corrected chi connectivity index (χ4v) is 5.14. The van der Waals surface area contributed by atoms with Crippen LogP contribution in [0.1, 0.15) is 33.3 Å². The zero-order chi connectivity index (χ0) is 19.4. The number of anilines is 1. The minimum atomic E-state index is -0.337. The van der Waals surface area contributed by atoms with Gasteiger partial charge in [0.25, 0.3) is 0 Å².